The molecule has 210 valence electrons. The quantitative estimate of drug-likeness (QED) is 0.361. The van der Waals surface area contributed by atoms with E-state index in [0.717, 1.165) is 70.9 Å². The minimum absolute atomic E-state index is 0.123. The summed E-state index contributed by atoms with van der Waals surface area (Å²) in [6.45, 7) is 6.37. The lowest BCUT2D eigenvalue weighted by molar-refractivity contribution is 0.0383. The molecule has 3 amide bonds. The van der Waals surface area contributed by atoms with Gasteiger partial charge in [0, 0.05) is 56.3 Å². The molecule has 3 aromatic carbocycles. The van der Waals surface area contributed by atoms with Crippen molar-refractivity contribution in [3.8, 4) is 0 Å². The van der Waals surface area contributed by atoms with Crippen LogP contribution in [0.15, 0.2) is 78.9 Å². The molecular formula is C32H39N5O3. The first-order valence-electron chi connectivity index (χ1n) is 14.3. The van der Waals surface area contributed by atoms with E-state index in [2.05, 4.69) is 56.1 Å². The molecular weight excluding hydrogens is 502 g/mol. The van der Waals surface area contributed by atoms with Gasteiger partial charge in [0.2, 0.25) is 0 Å². The van der Waals surface area contributed by atoms with Gasteiger partial charge in [0.25, 0.3) is 5.91 Å². The molecule has 8 nitrogen and oxygen atoms in total. The van der Waals surface area contributed by atoms with Crippen molar-refractivity contribution in [3.63, 3.8) is 0 Å². The molecule has 2 aliphatic heterocycles. The number of ether oxygens (including phenoxy) is 1. The first-order valence-corrected chi connectivity index (χ1v) is 14.3. The maximum absolute atomic E-state index is 13.5. The largest absolute Gasteiger partial charge is 0.379 e. The fourth-order valence-electron chi connectivity index (χ4n) is 5.46. The first-order chi connectivity index (χ1) is 19.6. The van der Waals surface area contributed by atoms with Gasteiger partial charge >= 0.3 is 6.03 Å². The number of anilines is 3. The number of carbonyl (C=O) groups is 2. The molecule has 2 saturated heterocycles. The maximum atomic E-state index is 13.5. The molecule has 40 heavy (non-hydrogen) atoms. The van der Waals surface area contributed by atoms with Crippen molar-refractivity contribution >= 4 is 29.0 Å². The second-order valence-corrected chi connectivity index (χ2v) is 10.5. The highest BCUT2D eigenvalue weighted by Gasteiger charge is 2.24. The SMILES string of the molecule is O=C(Nc1ccccc1)Nc1ccc(N2CCC(Cc3ccccc3)CC2)c(C(=O)NCCN2CCOCC2)c1. The van der Waals surface area contributed by atoms with Crippen molar-refractivity contribution in [3.05, 3.63) is 90.0 Å². The summed E-state index contributed by atoms with van der Waals surface area (Å²) < 4.78 is 5.43. The van der Waals surface area contributed by atoms with E-state index in [-0.39, 0.29) is 11.9 Å². The smallest absolute Gasteiger partial charge is 0.323 e. The molecule has 8 heteroatoms. The molecule has 0 saturated carbocycles. The van der Waals surface area contributed by atoms with E-state index in [1.54, 1.807) is 6.07 Å². The van der Waals surface area contributed by atoms with E-state index < -0.39 is 0 Å². The van der Waals surface area contributed by atoms with Gasteiger partial charge < -0.3 is 25.6 Å². The summed E-state index contributed by atoms with van der Waals surface area (Å²) in [7, 11) is 0. The van der Waals surface area contributed by atoms with Gasteiger partial charge in [0.1, 0.15) is 0 Å². The molecule has 0 radical (unpaired) electrons. The van der Waals surface area contributed by atoms with Crippen LogP contribution < -0.4 is 20.9 Å². The molecule has 2 fully saturated rings. The zero-order valence-corrected chi connectivity index (χ0v) is 23.0. The number of nitrogens with one attached hydrogen (secondary N) is 3. The van der Waals surface area contributed by atoms with E-state index in [4.69, 9.17) is 4.74 Å². The third-order valence-corrected chi connectivity index (χ3v) is 7.67. The van der Waals surface area contributed by atoms with Gasteiger partial charge in [-0.25, -0.2) is 4.79 Å². The molecule has 2 heterocycles. The topological polar surface area (TPSA) is 85.9 Å². The van der Waals surface area contributed by atoms with Gasteiger partial charge in [-0.2, -0.15) is 0 Å². The molecule has 5 rings (SSSR count). The number of hydrogen-bond acceptors (Lipinski definition) is 5. The maximum Gasteiger partial charge on any atom is 0.323 e. The van der Waals surface area contributed by atoms with E-state index in [9.17, 15) is 9.59 Å². The minimum atomic E-state index is -0.348. The second kappa shape index (κ2) is 14.0. The molecule has 0 spiro atoms. The standard InChI is InChI=1S/C32H39N5O3/c38-31(33-15-18-36-19-21-40-22-20-36)29-24-28(35-32(39)34-27-9-5-2-6-10-27)11-12-30(29)37-16-13-26(14-17-37)23-25-7-3-1-4-8-25/h1-12,24,26H,13-23H2,(H,33,38)(H2,34,35,39). The number of amides is 3. The van der Waals surface area contributed by atoms with Crippen LogP contribution in [0.5, 0.6) is 0 Å². The lowest BCUT2D eigenvalue weighted by atomic mass is 9.89. The van der Waals surface area contributed by atoms with Crippen molar-refractivity contribution in [2.45, 2.75) is 19.3 Å². The van der Waals surface area contributed by atoms with Gasteiger partial charge in [-0.3, -0.25) is 9.69 Å². The first kappa shape index (κ1) is 27.7. The Kier molecular flexibility index (Phi) is 9.66. The Bertz CT molecular complexity index is 1240. The normalized spacial score (nSPS) is 16.4. The number of morpholine rings is 1. The number of para-hydroxylation sites is 1. The van der Waals surface area contributed by atoms with Crippen LogP contribution in [-0.2, 0) is 11.2 Å². The number of hydrogen-bond donors (Lipinski definition) is 3. The molecule has 0 bridgehead atoms. The third-order valence-electron chi connectivity index (χ3n) is 7.67. The highest BCUT2D eigenvalue weighted by molar-refractivity contribution is 6.04. The van der Waals surface area contributed by atoms with Crippen molar-refractivity contribution < 1.29 is 14.3 Å². The Morgan fingerprint density at radius 2 is 1.48 bits per heavy atom. The van der Waals surface area contributed by atoms with Crippen molar-refractivity contribution in [2.24, 2.45) is 5.92 Å². The van der Waals surface area contributed by atoms with Gasteiger partial charge in [0.15, 0.2) is 0 Å². The van der Waals surface area contributed by atoms with Crippen LogP contribution in [0, 0.1) is 5.92 Å². The monoisotopic (exact) mass is 541 g/mol. The molecule has 0 unspecified atom stereocenters. The Hall–Kier alpha value is -3.88. The van der Waals surface area contributed by atoms with Gasteiger partial charge in [-0.1, -0.05) is 48.5 Å². The lowest BCUT2D eigenvalue weighted by Crippen LogP contribution is -2.41. The van der Waals surface area contributed by atoms with Crippen LogP contribution in [0.1, 0.15) is 28.8 Å². The number of rotatable bonds is 9. The van der Waals surface area contributed by atoms with Crippen molar-refractivity contribution in [1.29, 1.82) is 0 Å². The zero-order chi connectivity index (χ0) is 27.6. The summed E-state index contributed by atoms with van der Waals surface area (Å²) in [6.07, 6.45) is 3.24. The summed E-state index contributed by atoms with van der Waals surface area (Å²) in [6, 6.07) is 25.2. The Labute approximate surface area is 236 Å². The van der Waals surface area contributed by atoms with Gasteiger partial charge in [0.05, 0.1) is 18.8 Å². The summed E-state index contributed by atoms with van der Waals surface area (Å²) >= 11 is 0. The van der Waals surface area contributed by atoms with Crippen molar-refractivity contribution in [2.75, 3.05) is 68.0 Å². The average Bonchev–Trinajstić information content (AvgIpc) is 2.99. The number of benzene rings is 3. The van der Waals surface area contributed by atoms with E-state index in [1.165, 1.54) is 5.56 Å². The van der Waals surface area contributed by atoms with Crippen LogP contribution >= 0.6 is 0 Å². The number of nitrogens with zero attached hydrogens (tertiary/aromatic N) is 2. The molecule has 0 atom stereocenters. The van der Waals surface area contributed by atoms with Crippen molar-refractivity contribution in [1.82, 2.24) is 10.2 Å². The Morgan fingerprint density at radius 3 is 2.20 bits per heavy atom. The molecule has 0 aliphatic carbocycles. The number of urea groups is 1. The average molecular weight is 542 g/mol. The van der Waals surface area contributed by atoms with E-state index in [0.29, 0.717) is 29.4 Å². The van der Waals surface area contributed by atoms with Crippen LogP contribution in [0.4, 0.5) is 21.9 Å². The highest BCUT2D eigenvalue weighted by Crippen LogP contribution is 2.30. The predicted octanol–water partition coefficient (Wildman–Crippen LogP) is 4.85. The number of carbonyl (C=O) groups excluding carboxylic acids is 2. The van der Waals surface area contributed by atoms with E-state index in [1.807, 2.05) is 42.5 Å². The Morgan fingerprint density at radius 1 is 0.800 bits per heavy atom. The van der Waals surface area contributed by atoms with Crippen LogP contribution in [0.2, 0.25) is 0 Å². The predicted molar refractivity (Wildman–Crippen MR) is 160 cm³/mol. The summed E-state index contributed by atoms with van der Waals surface area (Å²) in [5, 5.41) is 8.83. The number of piperidine rings is 1. The van der Waals surface area contributed by atoms with Gasteiger partial charge in [-0.05, 0) is 61.1 Å². The molecule has 0 aromatic heterocycles. The van der Waals surface area contributed by atoms with Crippen LogP contribution in [0.25, 0.3) is 0 Å². The van der Waals surface area contributed by atoms with Gasteiger partial charge in [-0.15, -0.1) is 0 Å². The molecule has 2 aliphatic rings. The summed E-state index contributed by atoms with van der Waals surface area (Å²) in [4.78, 5) is 30.7. The third kappa shape index (κ3) is 7.83. The highest BCUT2D eigenvalue weighted by atomic mass is 16.5. The molecule has 3 aromatic rings. The zero-order valence-electron chi connectivity index (χ0n) is 23.0. The fraction of sp³-hybridized carbons (Fsp3) is 0.375. The summed E-state index contributed by atoms with van der Waals surface area (Å²) in [5.74, 6) is 0.508. The van der Waals surface area contributed by atoms with E-state index >= 15 is 0 Å². The van der Waals surface area contributed by atoms with Crippen LogP contribution in [0.3, 0.4) is 0 Å². The second-order valence-electron chi connectivity index (χ2n) is 10.5. The minimum Gasteiger partial charge on any atom is -0.379 e. The Balaban J connectivity index is 1.25. The molecule has 3 N–H and O–H groups in total. The lowest BCUT2D eigenvalue weighted by Gasteiger charge is -2.35. The van der Waals surface area contributed by atoms with Crippen LogP contribution in [-0.4, -0.2) is 69.3 Å². The fourth-order valence-corrected chi connectivity index (χ4v) is 5.46. The summed E-state index contributed by atoms with van der Waals surface area (Å²) in [5.41, 5.74) is 4.16.